The van der Waals surface area contributed by atoms with Crippen molar-refractivity contribution in [3.63, 3.8) is 0 Å². The zero-order valence-corrected chi connectivity index (χ0v) is 14.5. The van der Waals surface area contributed by atoms with Gasteiger partial charge in [0, 0.05) is 0 Å². The van der Waals surface area contributed by atoms with Gasteiger partial charge in [0.1, 0.15) is 0 Å². The molecule has 2 aliphatic carbocycles. The SMILES string of the molecule is [O-][Cl+3]([O-])([O-])O[Se]1=C2C(=CC3=C1/C(=N/O)CCC3)CCC/C2=N\O. The van der Waals surface area contributed by atoms with Gasteiger partial charge in [0.15, 0.2) is 0 Å². The first-order valence-electron chi connectivity index (χ1n) is 7.03. The number of hydrogen-bond acceptors (Lipinski definition) is 8. The Kier molecular flexibility index (Phi) is 4.70. The van der Waals surface area contributed by atoms with Gasteiger partial charge in [-0.25, -0.2) is 0 Å². The monoisotopic (exact) mass is 410 g/mol. The molecule has 1 heterocycles. The molecular weight excluding hydrogens is 395 g/mol. The zero-order chi connectivity index (χ0) is 16.6. The zero-order valence-electron chi connectivity index (χ0n) is 12.0. The normalized spacial score (nSPS) is 28.7. The van der Waals surface area contributed by atoms with Crippen LogP contribution in [0, 0.1) is 10.2 Å². The molecule has 1 fully saturated rings. The van der Waals surface area contributed by atoms with E-state index in [-0.39, 0.29) is 0 Å². The van der Waals surface area contributed by atoms with Gasteiger partial charge in [-0.2, -0.15) is 0 Å². The average molecular weight is 410 g/mol. The van der Waals surface area contributed by atoms with E-state index < -0.39 is 24.0 Å². The molecule has 1 saturated carbocycles. The fourth-order valence-corrected chi connectivity index (χ4v) is 8.73. The van der Waals surface area contributed by atoms with Gasteiger partial charge in [-0.05, 0) is 0 Å². The van der Waals surface area contributed by atoms with Crippen molar-refractivity contribution in [3.05, 3.63) is 21.7 Å². The molecule has 0 bridgehead atoms. The molecule has 0 aromatic heterocycles. The molecule has 1 unspecified atom stereocenters. The molecule has 2 N–H and O–H groups in total. The summed E-state index contributed by atoms with van der Waals surface area (Å²) >= 11 is -2.78. The number of hydrogen-bond donors (Lipinski definition) is 2. The van der Waals surface area contributed by atoms with Gasteiger partial charge >= 0.3 is 138 Å². The third-order valence-corrected chi connectivity index (χ3v) is 9.62. The third-order valence-electron chi connectivity index (χ3n) is 3.93. The van der Waals surface area contributed by atoms with Crippen LogP contribution in [0.5, 0.6) is 0 Å². The number of nitrogens with zero attached hydrogens (tertiary/aromatic N) is 2. The summed E-state index contributed by atoms with van der Waals surface area (Å²) < 4.78 is 39.5. The maximum atomic E-state index is 11.2. The van der Waals surface area contributed by atoms with Crippen LogP contribution in [0.4, 0.5) is 0 Å². The second kappa shape index (κ2) is 6.45. The Morgan fingerprint density at radius 3 is 2.30 bits per heavy atom. The summed E-state index contributed by atoms with van der Waals surface area (Å²) in [7, 11) is -4.64. The van der Waals surface area contributed by atoms with Gasteiger partial charge in [-0.3, -0.25) is 0 Å². The van der Waals surface area contributed by atoms with E-state index in [1.807, 2.05) is 6.08 Å². The number of halogens is 1. The van der Waals surface area contributed by atoms with E-state index in [1.165, 1.54) is 0 Å². The van der Waals surface area contributed by atoms with E-state index in [2.05, 4.69) is 10.3 Å². The van der Waals surface area contributed by atoms with E-state index in [1.54, 1.807) is 0 Å². The molecule has 23 heavy (non-hydrogen) atoms. The van der Waals surface area contributed by atoms with E-state index in [0.717, 1.165) is 24.0 Å². The van der Waals surface area contributed by atoms with E-state index >= 15 is 0 Å². The summed E-state index contributed by atoms with van der Waals surface area (Å²) in [6.07, 6.45) is 5.86. The minimum absolute atomic E-state index is 0.348. The molecule has 0 aromatic rings. The average Bonchev–Trinajstić information content (AvgIpc) is 2.51. The van der Waals surface area contributed by atoms with Crippen LogP contribution in [0.25, 0.3) is 0 Å². The number of oxime groups is 2. The van der Waals surface area contributed by atoms with Crippen LogP contribution in [0.3, 0.4) is 0 Å². The van der Waals surface area contributed by atoms with Crippen molar-refractivity contribution in [2.24, 2.45) is 10.3 Å². The molecule has 3 rings (SSSR count). The van der Waals surface area contributed by atoms with Gasteiger partial charge in [0.2, 0.25) is 0 Å². The van der Waals surface area contributed by atoms with Crippen molar-refractivity contribution in [1.82, 2.24) is 0 Å². The quantitative estimate of drug-likeness (QED) is 0.321. The van der Waals surface area contributed by atoms with Gasteiger partial charge < -0.3 is 0 Å². The van der Waals surface area contributed by atoms with Gasteiger partial charge in [-0.15, -0.1) is 0 Å². The van der Waals surface area contributed by atoms with Crippen molar-refractivity contribution in [2.45, 2.75) is 38.5 Å². The van der Waals surface area contributed by atoms with Crippen molar-refractivity contribution < 1.29 is 38.0 Å². The third kappa shape index (κ3) is 3.27. The van der Waals surface area contributed by atoms with Crippen LogP contribution in [0.15, 0.2) is 32.0 Å². The van der Waals surface area contributed by atoms with Crippen LogP contribution >= 0.6 is 0 Å². The maximum absolute atomic E-state index is 11.2. The standard InChI is InChI=1S/C13H15ClN2O6Se/c17-14(18,19)22-23-12-8(3-1-5-10(12)15-20)7-9-4-2-6-11(16-21)13(9)23/h7,20-21H,1-6H2/b15-10+,16-11+. The van der Waals surface area contributed by atoms with Crippen molar-refractivity contribution in [1.29, 1.82) is 0 Å². The molecule has 126 valence electrons. The van der Waals surface area contributed by atoms with Gasteiger partial charge in [0.25, 0.3) is 0 Å². The van der Waals surface area contributed by atoms with E-state index in [4.69, 9.17) is 3.37 Å². The fraction of sp³-hybridized carbons (Fsp3) is 0.462. The number of rotatable bonds is 2. The molecule has 1 atom stereocenters. The molecule has 0 aromatic carbocycles. The van der Waals surface area contributed by atoms with Crippen LogP contribution in [-0.4, -0.2) is 40.0 Å². The summed E-state index contributed by atoms with van der Waals surface area (Å²) in [4.78, 5) is 0. The molecule has 0 spiro atoms. The summed E-state index contributed by atoms with van der Waals surface area (Å²) in [5.74, 6) is 0. The van der Waals surface area contributed by atoms with Crippen molar-refractivity contribution >= 4 is 29.6 Å². The summed E-state index contributed by atoms with van der Waals surface area (Å²) in [6, 6.07) is 0. The van der Waals surface area contributed by atoms with E-state index in [9.17, 15) is 24.4 Å². The molecular formula is C13H15ClN2O6Se. The van der Waals surface area contributed by atoms with E-state index in [0.29, 0.717) is 46.0 Å². The molecule has 8 nitrogen and oxygen atoms in total. The van der Waals surface area contributed by atoms with Crippen molar-refractivity contribution in [3.8, 4) is 0 Å². The number of fused-ring (bicyclic) bond motifs is 1. The first-order valence-corrected chi connectivity index (χ1v) is 10.7. The van der Waals surface area contributed by atoms with Crippen molar-refractivity contribution in [2.75, 3.05) is 0 Å². The van der Waals surface area contributed by atoms with Gasteiger partial charge in [-0.1, -0.05) is 0 Å². The summed E-state index contributed by atoms with van der Waals surface area (Å²) in [5, 5.41) is 25.0. The minimum atomic E-state index is -4.64. The topological polar surface area (TPSA) is 144 Å². The van der Waals surface area contributed by atoms with Gasteiger partial charge in [0.05, 0.1) is 0 Å². The summed E-state index contributed by atoms with van der Waals surface area (Å²) in [5.41, 5.74) is 2.40. The molecule has 0 radical (unpaired) electrons. The second-order valence-electron chi connectivity index (χ2n) is 5.36. The first-order chi connectivity index (χ1) is 10.9. The Labute approximate surface area is 138 Å². The molecule has 10 heteroatoms. The predicted octanol–water partition coefficient (Wildman–Crippen LogP) is -1.55. The Bertz CT molecular complexity index is 689. The molecule has 0 saturated heterocycles. The summed E-state index contributed by atoms with van der Waals surface area (Å²) in [6.45, 7) is 0. The van der Waals surface area contributed by atoms with Crippen LogP contribution in [0.1, 0.15) is 38.5 Å². The molecule has 3 aliphatic rings. The van der Waals surface area contributed by atoms with Crippen LogP contribution < -0.4 is 14.0 Å². The molecule has 1 aliphatic heterocycles. The van der Waals surface area contributed by atoms with Crippen LogP contribution in [-0.2, 0) is 3.37 Å². The molecule has 0 amide bonds. The Hall–Kier alpha value is -1.06. The number of allylic oxidation sites excluding steroid dienone is 4. The second-order valence-corrected chi connectivity index (χ2v) is 9.88. The first kappa shape index (κ1) is 16.8. The Morgan fingerprint density at radius 2 is 1.65 bits per heavy atom. The fourth-order valence-electron chi connectivity index (χ4n) is 3.09. The Balaban J connectivity index is 2.24. The van der Waals surface area contributed by atoms with Crippen LogP contribution in [0.2, 0.25) is 0 Å². The predicted molar refractivity (Wildman–Crippen MR) is 73.1 cm³/mol. The Morgan fingerprint density at radius 1 is 1.00 bits per heavy atom.